The maximum atomic E-state index is 10.6. The topological polar surface area (TPSA) is 41.6 Å². The molecule has 4 nitrogen and oxygen atoms in total. The van der Waals surface area contributed by atoms with Crippen LogP contribution in [-0.2, 0) is 15.2 Å². The summed E-state index contributed by atoms with van der Waals surface area (Å²) in [7, 11) is 0.519. The van der Waals surface area contributed by atoms with Crippen LogP contribution in [0.5, 0.6) is 0 Å². The Morgan fingerprint density at radius 1 is 1.75 bits per heavy atom. The van der Waals surface area contributed by atoms with E-state index in [0.717, 1.165) is 25.9 Å². The molecular weight excluding hydrogens is 223 g/mol. The lowest BCUT2D eigenvalue weighted by Gasteiger charge is -2.26. The standard InChI is InChI=1S/C10H13BN2O2S/c14-7-11-13-4-8-5-15-12-10(8,6-13)9-2-1-3-16-9/h1-3,7-8,11-12H,4-6H2. The summed E-state index contributed by atoms with van der Waals surface area (Å²) >= 11 is 1.75. The highest BCUT2D eigenvalue weighted by Gasteiger charge is 2.52. The molecule has 0 bridgehead atoms. The van der Waals surface area contributed by atoms with Gasteiger partial charge in [-0.25, -0.2) is 0 Å². The lowest BCUT2D eigenvalue weighted by atomic mass is 9.88. The molecule has 2 saturated heterocycles. The molecule has 3 rings (SSSR count). The van der Waals surface area contributed by atoms with Crippen LogP contribution in [0.2, 0.25) is 0 Å². The van der Waals surface area contributed by atoms with Crippen molar-refractivity contribution in [2.45, 2.75) is 5.54 Å². The summed E-state index contributed by atoms with van der Waals surface area (Å²) in [4.78, 5) is 19.5. The van der Waals surface area contributed by atoms with Crippen LogP contribution in [0.1, 0.15) is 4.88 Å². The lowest BCUT2D eigenvalue weighted by Crippen LogP contribution is -2.43. The maximum absolute atomic E-state index is 10.6. The van der Waals surface area contributed by atoms with Crippen molar-refractivity contribution in [3.05, 3.63) is 22.4 Å². The quantitative estimate of drug-likeness (QED) is 0.590. The van der Waals surface area contributed by atoms with Gasteiger partial charge >= 0.3 is 0 Å². The minimum atomic E-state index is -0.0861. The first kappa shape index (κ1) is 10.5. The van der Waals surface area contributed by atoms with E-state index in [1.165, 1.54) is 4.88 Å². The first-order chi connectivity index (χ1) is 7.85. The SMILES string of the molecule is O=CBN1CC2CONC2(c2cccs2)C1. The van der Waals surface area contributed by atoms with Gasteiger partial charge in [0.05, 0.1) is 18.3 Å². The smallest absolute Gasteiger partial charge is 0.281 e. The van der Waals surface area contributed by atoms with Crippen LogP contribution in [0, 0.1) is 5.92 Å². The molecule has 2 atom stereocenters. The van der Waals surface area contributed by atoms with Crippen LogP contribution in [0.4, 0.5) is 0 Å². The third-order valence-electron chi connectivity index (χ3n) is 3.48. The van der Waals surface area contributed by atoms with E-state index in [2.05, 4.69) is 27.8 Å². The summed E-state index contributed by atoms with van der Waals surface area (Å²) in [6.07, 6.45) is 0.976. The molecule has 0 spiro atoms. The van der Waals surface area contributed by atoms with Crippen molar-refractivity contribution in [2.75, 3.05) is 19.7 Å². The minimum Gasteiger partial charge on any atom is -0.336 e. The molecule has 6 heteroatoms. The van der Waals surface area contributed by atoms with Gasteiger partial charge < -0.3 is 14.4 Å². The van der Waals surface area contributed by atoms with Crippen molar-refractivity contribution in [2.24, 2.45) is 5.92 Å². The number of carbonyl (C=O) groups excluding carboxylic acids is 1. The molecule has 2 aliphatic rings. The highest BCUT2D eigenvalue weighted by molar-refractivity contribution is 7.10. The zero-order valence-electron chi connectivity index (χ0n) is 8.89. The number of rotatable bonds is 3. The number of nitrogens with zero attached hydrogens (tertiary/aromatic N) is 1. The zero-order chi connectivity index (χ0) is 11.0. The summed E-state index contributed by atoms with van der Waals surface area (Å²) in [5.41, 5.74) is 3.09. The fourth-order valence-corrected chi connectivity index (χ4v) is 3.65. The molecule has 3 heterocycles. The van der Waals surface area contributed by atoms with Crippen LogP contribution in [0.25, 0.3) is 0 Å². The Balaban J connectivity index is 1.89. The third-order valence-corrected chi connectivity index (χ3v) is 4.53. The summed E-state index contributed by atoms with van der Waals surface area (Å²) < 4.78 is 0. The number of hydroxylamine groups is 1. The van der Waals surface area contributed by atoms with E-state index in [4.69, 9.17) is 4.84 Å². The van der Waals surface area contributed by atoms with E-state index >= 15 is 0 Å². The first-order valence-corrected chi connectivity index (χ1v) is 6.32. The van der Waals surface area contributed by atoms with Gasteiger partial charge in [-0.05, 0) is 18.0 Å². The Bertz CT molecular complexity index is 386. The van der Waals surface area contributed by atoms with Gasteiger partial charge in [-0.1, -0.05) is 6.07 Å². The molecule has 1 N–H and O–H groups in total. The highest BCUT2D eigenvalue weighted by Crippen LogP contribution is 2.41. The number of fused-ring (bicyclic) bond motifs is 1. The predicted octanol–water partition coefficient (Wildman–Crippen LogP) is -0.0483. The molecule has 1 aromatic rings. The minimum absolute atomic E-state index is 0.0861. The van der Waals surface area contributed by atoms with Gasteiger partial charge in [0.1, 0.15) is 0 Å². The molecule has 0 radical (unpaired) electrons. The van der Waals surface area contributed by atoms with Gasteiger partial charge in [0.25, 0.3) is 7.41 Å². The normalized spacial score (nSPS) is 33.9. The Morgan fingerprint density at radius 3 is 3.44 bits per heavy atom. The van der Waals surface area contributed by atoms with Crippen molar-refractivity contribution in [3.8, 4) is 0 Å². The molecule has 0 aromatic carbocycles. The monoisotopic (exact) mass is 236 g/mol. The van der Waals surface area contributed by atoms with Gasteiger partial charge in [0.15, 0.2) is 0 Å². The Morgan fingerprint density at radius 2 is 2.69 bits per heavy atom. The second kappa shape index (κ2) is 3.96. The summed E-state index contributed by atoms with van der Waals surface area (Å²) in [6.45, 7) is 2.52. The predicted molar refractivity (Wildman–Crippen MR) is 64.0 cm³/mol. The van der Waals surface area contributed by atoms with E-state index in [9.17, 15) is 4.79 Å². The molecule has 2 unspecified atom stereocenters. The molecule has 2 aliphatic heterocycles. The van der Waals surface area contributed by atoms with Crippen LogP contribution >= 0.6 is 11.3 Å². The van der Waals surface area contributed by atoms with Gasteiger partial charge in [-0.15, -0.1) is 11.3 Å². The second-order valence-corrected chi connectivity index (χ2v) is 5.37. The summed E-state index contributed by atoms with van der Waals surface area (Å²) in [6, 6.07) is 4.21. The molecule has 16 heavy (non-hydrogen) atoms. The largest absolute Gasteiger partial charge is 0.336 e. The molecule has 84 valence electrons. The van der Waals surface area contributed by atoms with E-state index in [0.29, 0.717) is 13.3 Å². The molecule has 1 aromatic heterocycles. The van der Waals surface area contributed by atoms with Crippen LogP contribution in [0.15, 0.2) is 17.5 Å². The van der Waals surface area contributed by atoms with Crippen LogP contribution in [0.3, 0.4) is 0 Å². The van der Waals surface area contributed by atoms with E-state index in [1.54, 1.807) is 11.3 Å². The molecule has 2 fully saturated rings. The summed E-state index contributed by atoms with van der Waals surface area (Å²) in [5.74, 6) is 0.450. The molecule has 0 aliphatic carbocycles. The number of hydrogen-bond acceptors (Lipinski definition) is 5. The second-order valence-electron chi connectivity index (χ2n) is 4.42. The molecule has 0 saturated carbocycles. The Labute approximate surface area is 98.8 Å². The van der Waals surface area contributed by atoms with Gasteiger partial charge in [-0.3, -0.25) is 0 Å². The van der Waals surface area contributed by atoms with Crippen molar-refractivity contribution < 1.29 is 9.63 Å². The first-order valence-electron chi connectivity index (χ1n) is 5.44. The van der Waals surface area contributed by atoms with Crippen molar-refractivity contribution in [1.29, 1.82) is 0 Å². The Hall–Kier alpha value is -0.685. The van der Waals surface area contributed by atoms with Crippen LogP contribution in [-0.4, -0.2) is 38.1 Å². The van der Waals surface area contributed by atoms with Crippen LogP contribution < -0.4 is 5.48 Å². The number of nitrogens with one attached hydrogen (secondary N) is 1. The van der Waals surface area contributed by atoms with Gasteiger partial charge in [0, 0.05) is 17.3 Å². The fourth-order valence-electron chi connectivity index (χ4n) is 2.70. The summed E-state index contributed by atoms with van der Waals surface area (Å²) in [5, 5.41) is 2.09. The van der Waals surface area contributed by atoms with E-state index < -0.39 is 0 Å². The highest BCUT2D eigenvalue weighted by atomic mass is 32.1. The molecular formula is C10H13BN2O2S. The number of thiophene rings is 1. The number of carbonyl (C=O) groups is 1. The van der Waals surface area contributed by atoms with Gasteiger partial charge in [-0.2, -0.15) is 5.48 Å². The van der Waals surface area contributed by atoms with E-state index in [1.807, 2.05) is 0 Å². The average molecular weight is 236 g/mol. The molecule has 0 amide bonds. The average Bonchev–Trinajstić information content (AvgIpc) is 2.89. The van der Waals surface area contributed by atoms with Crippen molar-refractivity contribution in [1.82, 2.24) is 10.3 Å². The fraction of sp³-hybridized carbons (Fsp3) is 0.500. The van der Waals surface area contributed by atoms with Gasteiger partial charge in [0.2, 0.25) is 0 Å². The Kier molecular flexibility index (Phi) is 2.59. The van der Waals surface area contributed by atoms with Crippen molar-refractivity contribution >= 4 is 24.9 Å². The third kappa shape index (κ3) is 1.45. The zero-order valence-corrected chi connectivity index (χ0v) is 9.70. The van der Waals surface area contributed by atoms with E-state index in [-0.39, 0.29) is 5.54 Å². The number of hydrogen-bond donors (Lipinski definition) is 1. The lowest BCUT2D eigenvalue weighted by molar-refractivity contribution is 0.0554. The maximum Gasteiger partial charge on any atom is 0.281 e. The van der Waals surface area contributed by atoms with Crippen molar-refractivity contribution in [3.63, 3.8) is 0 Å².